The van der Waals surface area contributed by atoms with E-state index in [4.69, 9.17) is 4.74 Å². The number of rotatable bonds is 5. The van der Waals surface area contributed by atoms with Gasteiger partial charge in [0.1, 0.15) is 6.10 Å². The van der Waals surface area contributed by atoms with Gasteiger partial charge in [-0.3, -0.25) is 0 Å². The van der Waals surface area contributed by atoms with Crippen LogP contribution in [0.2, 0.25) is 0 Å². The third-order valence-corrected chi connectivity index (χ3v) is 3.94. The van der Waals surface area contributed by atoms with Gasteiger partial charge in [-0.05, 0) is 31.2 Å². The van der Waals surface area contributed by atoms with E-state index < -0.39 is 0 Å². The number of aryl methyl sites for hydroxylation is 1. The van der Waals surface area contributed by atoms with Crippen molar-refractivity contribution in [3.05, 3.63) is 52.2 Å². The second kappa shape index (κ2) is 7.07. The summed E-state index contributed by atoms with van der Waals surface area (Å²) in [6.07, 6.45) is -0.116. The highest BCUT2D eigenvalue weighted by molar-refractivity contribution is 7.12. The Balaban J connectivity index is 1.85. The minimum absolute atomic E-state index is 0.116. The summed E-state index contributed by atoms with van der Waals surface area (Å²) in [5.41, 5.74) is 0.769. The zero-order valence-electron chi connectivity index (χ0n) is 11.6. The third-order valence-electron chi connectivity index (χ3n) is 2.84. The van der Waals surface area contributed by atoms with E-state index in [1.54, 1.807) is 18.4 Å². The Labute approximate surface area is 122 Å². The Kier molecular flexibility index (Phi) is 5.15. The number of para-hydroxylation sites is 1. The summed E-state index contributed by atoms with van der Waals surface area (Å²) in [5, 5.41) is 5.60. The van der Waals surface area contributed by atoms with Crippen LogP contribution in [0.3, 0.4) is 0 Å². The number of hydrogen-bond acceptors (Lipinski definition) is 3. The molecule has 2 aromatic rings. The van der Waals surface area contributed by atoms with E-state index in [0.29, 0.717) is 6.54 Å². The van der Waals surface area contributed by atoms with E-state index >= 15 is 0 Å². The Hall–Kier alpha value is -1.85. The molecule has 20 heavy (non-hydrogen) atoms. The highest BCUT2D eigenvalue weighted by Gasteiger charge is 2.13. The summed E-state index contributed by atoms with van der Waals surface area (Å²) >= 11 is 1.68. The van der Waals surface area contributed by atoms with Gasteiger partial charge in [-0.25, -0.2) is 4.79 Å². The minimum Gasteiger partial charge on any atom is -0.374 e. The zero-order valence-corrected chi connectivity index (χ0v) is 12.4. The first-order valence-electron chi connectivity index (χ1n) is 6.38. The standard InChI is InChI=1S/C15H18N2O2S/c1-11-8-9-14(20-11)13(19-2)10-16-15(18)17-12-6-4-3-5-7-12/h3-9,13H,10H2,1-2H3,(H2,16,17,18). The average Bonchev–Trinajstić information content (AvgIpc) is 2.87. The van der Waals surface area contributed by atoms with Gasteiger partial charge >= 0.3 is 6.03 Å². The second-order valence-electron chi connectivity index (χ2n) is 4.37. The van der Waals surface area contributed by atoms with Gasteiger partial charge < -0.3 is 15.4 Å². The van der Waals surface area contributed by atoms with Gasteiger partial charge in [0.2, 0.25) is 0 Å². The van der Waals surface area contributed by atoms with Crippen LogP contribution in [0.5, 0.6) is 0 Å². The largest absolute Gasteiger partial charge is 0.374 e. The molecule has 106 valence electrons. The Morgan fingerprint density at radius 1 is 1.25 bits per heavy atom. The Bertz CT molecular complexity index is 554. The summed E-state index contributed by atoms with van der Waals surface area (Å²) in [6, 6.07) is 13.2. The monoisotopic (exact) mass is 290 g/mol. The van der Waals surface area contributed by atoms with Gasteiger partial charge in [0, 0.05) is 22.6 Å². The molecule has 0 bridgehead atoms. The molecule has 0 aliphatic carbocycles. The van der Waals surface area contributed by atoms with Crippen LogP contribution >= 0.6 is 11.3 Å². The average molecular weight is 290 g/mol. The van der Waals surface area contributed by atoms with Crippen molar-refractivity contribution >= 4 is 23.1 Å². The minimum atomic E-state index is -0.230. The Morgan fingerprint density at radius 2 is 2.00 bits per heavy atom. The van der Waals surface area contributed by atoms with Gasteiger partial charge in [0.25, 0.3) is 0 Å². The lowest BCUT2D eigenvalue weighted by Gasteiger charge is -2.15. The highest BCUT2D eigenvalue weighted by Crippen LogP contribution is 2.24. The molecule has 1 aromatic carbocycles. The summed E-state index contributed by atoms with van der Waals surface area (Å²) < 4.78 is 5.42. The summed E-state index contributed by atoms with van der Waals surface area (Å²) in [5.74, 6) is 0. The summed E-state index contributed by atoms with van der Waals surface area (Å²) in [7, 11) is 1.65. The van der Waals surface area contributed by atoms with Crippen molar-refractivity contribution in [1.29, 1.82) is 0 Å². The molecule has 2 amide bonds. The number of carbonyl (C=O) groups excluding carboxylic acids is 1. The topological polar surface area (TPSA) is 50.4 Å². The maximum Gasteiger partial charge on any atom is 0.319 e. The molecule has 2 rings (SSSR count). The molecule has 0 fully saturated rings. The first-order valence-corrected chi connectivity index (χ1v) is 7.19. The SMILES string of the molecule is COC(CNC(=O)Nc1ccccc1)c1ccc(C)s1. The van der Waals surface area contributed by atoms with E-state index in [0.717, 1.165) is 10.6 Å². The maximum atomic E-state index is 11.8. The number of benzene rings is 1. The predicted octanol–water partition coefficient (Wildman–Crippen LogP) is 3.57. The molecule has 1 atom stereocenters. The molecule has 5 heteroatoms. The number of ether oxygens (including phenoxy) is 1. The third kappa shape index (κ3) is 4.08. The fourth-order valence-electron chi connectivity index (χ4n) is 1.81. The lowest BCUT2D eigenvalue weighted by atomic mass is 10.3. The molecule has 0 saturated carbocycles. The molecule has 0 aliphatic rings. The first-order chi connectivity index (χ1) is 9.69. The molecule has 0 spiro atoms. The normalized spacial score (nSPS) is 11.9. The Morgan fingerprint density at radius 3 is 2.60 bits per heavy atom. The van der Waals surface area contributed by atoms with Crippen molar-refractivity contribution in [1.82, 2.24) is 5.32 Å². The number of amides is 2. The van der Waals surface area contributed by atoms with E-state index in [2.05, 4.69) is 23.6 Å². The van der Waals surface area contributed by atoms with E-state index in [1.165, 1.54) is 4.88 Å². The van der Waals surface area contributed by atoms with E-state index in [1.807, 2.05) is 36.4 Å². The molecule has 1 heterocycles. The lowest BCUT2D eigenvalue weighted by molar-refractivity contribution is 0.107. The predicted molar refractivity (Wildman–Crippen MR) is 82.3 cm³/mol. The van der Waals surface area contributed by atoms with Crippen molar-refractivity contribution in [2.24, 2.45) is 0 Å². The molecule has 2 N–H and O–H groups in total. The van der Waals surface area contributed by atoms with Gasteiger partial charge in [0.05, 0.1) is 6.54 Å². The van der Waals surface area contributed by atoms with Gasteiger partial charge in [-0.15, -0.1) is 11.3 Å². The van der Waals surface area contributed by atoms with Gasteiger partial charge in [-0.1, -0.05) is 18.2 Å². The van der Waals surface area contributed by atoms with Crippen LogP contribution in [0, 0.1) is 6.92 Å². The van der Waals surface area contributed by atoms with Crippen molar-refractivity contribution in [2.75, 3.05) is 19.0 Å². The summed E-state index contributed by atoms with van der Waals surface area (Å²) in [4.78, 5) is 14.1. The van der Waals surface area contributed by atoms with Crippen LogP contribution < -0.4 is 10.6 Å². The van der Waals surface area contributed by atoms with Crippen LogP contribution in [-0.4, -0.2) is 19.7 Å². The van der Waals surface area contributed by atoms with Crippen LogP contribution in [0.25, 0.3) is 0 Å². The van der Waals surface area contributed by atoms with Crippen LogP contribution in [0.15, 0.2) is 42.5 Å². The van der Waals surface area contributed by atoms with Gasteiger partial charge in [-0.2, -0.15) is 0 Å². The maximum absolute atomic E-state index is 11.8. The van der Waals surface area contributed by atoms with Crippen molar-refractivity contribution in [2.45, 2.75) is 13.0 Å². The summed E-state index contributed by atoms with van der Waals surface area (Å²) in [6.45, 7) is 2.49. The molecule has 4 nitrogen and oxygen atoms in total. The number of anilines is 1. The number of urea groups is 1. The molecule has 1 unspecified atom stereocenters. The fourth-order valence-corrected chi connectivity index (χ4v) is 2.76. The molecule has 1 aromatic heterocycles. The van der Waals surface area contributed by atoms with Crippen LogP contribution in [0.4, 0.5) is 10.5 Å². The molecular formula is C15H18N2O2S. The van der Waals surface area contributed by atoms with Crippen molar-refractivity contribution in [3.8, 4) is 0 Å². The van der Waals surface area contributed by atoms with Crippen LogP contribution in [0.1, 0.15) is 15.9 Å². The number of hydrogen-bond donors (Lipinski definition) is 2. The smallest absolute Gasteiger partial charge is 0.319 e. The van der Waals surface area contributed by atoms with E-state index in [9.17, 15) is 4.79 Å². The molecular weight excluding hydrogens is 272 g/mol. The van der Waals surface area contributed by atoms with Crippen molar-refractivity contribution < 1.29 is 9.53 Å². The quantitative estimate of drug-likeness (QED) is 0.884. The van der Waals surface area contributed by atoms with E-state index in [-0.39, 0.29) is 12.1 Å². The molecule has 0 radical (unpaired) electrons. The number of methoxy groups -OCH3 is 1. The zero-order chi connectivity index (χ0) is 14.4. The molecule has 0 aliphatic heterocycles. The number of thiophene rings is 1. The molecule has 0 saturated heterocycles. The number of nitrogens with one attached hydrogen (secondary N) is 2. The van der Waals surface area contributed by atoms with Crippen LogP contribution in [-0.2, 0) is 4.74 Å². The second-order valence-corrected chi connectivity index (χ2v) is 5.69. The number of carbonyl (C=O) groups is 1. The fraction of sp³-hybridized carbons (Fsp3) is 0.267. The van der Waals surface area contributed by atoms with Crippen molar-refractivity contribution in [3.63, 3.8) is 0 Å². The van der Waals surface area contributed by atoms with Gasteiger partial charge in [0.15, 0.2) is 0 Å². The first kappa shape index (κ1) is 14.6. The highest BCUT2D eigenvalue weighted by atomic mass is 32.1. The lowest BCUT2D eigenvalue weighted by Crippen LogP contribution is -2.32.